The molecular formula is C20H26BrN3O3. The number of aliphatic hydroxyl groups is 1. The largest absolute Gasteiger partial charge is 0.491 e. The minimum absolute atomic E-state index is 0.324. The van der Waals surface area contributed by atoms with Crippen LogP contribution in [0.5, 0.6) is 5.75 Å². The highest BCUT2D eigenvalue weighted by molar-refractivity contribution is 9.10. The predicted octanol–water partition coefficient (Wildman–Crippen LogP) is 2.42. The number of ether oxygens (including phenoxy) is 2. The van der Waals surface area contributed by atoms with E-state index in [-0.39, 0.29) is 0 Å². The fourth-order valence-corrected chi connectivity index (χ4v) is 3.28. The molecule has 6 nitrogen and oxygen atoms in total. The molecule has 27 heavy (non-hydrogen) atoms. The van der Waals surface area contributed by atoms with Crippen LogP contribution in [0.1, 0.15) is 0 Å². The van der Waals surface area contributed by atoms with E-state index < -0.39 is 6.10 Å². The topological polar surface area (TPSA) is 58.1 Å². The van der Waals surface area contributed by atoms with Gasteiger partial charge in [0.05, 0.1) is 19.3 Å². The van der Waals surface area contributed by atoms with E-state index >= 15 is 0 Å². The SMILES string of the molecule is OC(COCCOc1ccc(Br)cc1)CN1CCN(c2ccccn2)CC1. The number of rotatable bonds is 9. The van der Waals surface area contributed by atoms with Crippen LogP contribution < -0.4 is 9.64 Å². The Morgan fingerprint density at radius 2 is 1.81 bits per heavy atom. The molecule has 1 aromatic heterocycles. The molecule has 1 N–H and O–H groups in total. The number of nitrogens with zero attached hydrogens (tertiary/aromatic N) is 3. The average molecular weight is 436 g/mol. The average Bonchev–Trinajstić information content (AvgIpc) is 2.70. The molecule has 7 heteroatoms. The summed E-state index contributed by atoms with van der Waals surface area (Å²) in [6, 6.07) is 13.7. The third kappa shape index (κ3) is 6.77. The van der Waals surface area contributed by atoms with E-state index in [4.69, 9.17) is 9.47 Å². The normalized spacial score (nSPS) is 16.3. The number of benzene rings is 1. The number of β-amino-alcohol motifs (C(OH)–C–C–N with tert-alkyl or cyclic N) is 1. The van der Waals surface area contributed by atoms with Crippen molar-refractivity contribution < 1.29 is 14.6 Å². The molecule has 0 spiro atoms. The third-order valence-corrected chi connectivity index (χ3v) is 4.96. The van der Waals surface area contributed by atoms with E-state index in [1.165, 1.54) is 0 Å². The fraction of sp³-hybridized carbons (Fsp3) is 0.450. The lowest BCUT2D eigenvalue weighted by Crippen LogP contribution is -2.49. The quantitative estimate of drug-likeness (QED) is 0.610. The lowest BCUT2D eigenvalue weighted by molar-refractivity contribution is 0.00716. The Kier molecular flexibility index (Phi) is 7.89. The Bertz CT molecular complexity index is 664. The summed E-state index contributed by atoms with van der Waals surface area (Å²) < 4.78 is 12.2. The fourth-order valence-electron chi connectivity index (χ4n) is 3.02. The van der Waals surface area contributed by atoms with Gasteiger partial charge in [0.15, 0.2) is 0 Å². The summed E-state index contributed by atoms with van der Waals surface area (Å²) in [5, 5.41) is 10.2. The first-order valence-corrected chi connectivity index (χ1v) is 10.0. The predicted molar refractivity (Wildman–Crippen MR) is 109 cm³/mol. The summed E-state index contributed by atoms with van der Waals surface area (Å²) >= 11 is 3.39. The monoisotopic (exact) mass is 435 g/mol. The Morgan fingerprint density at radius 3 is 2.52 bits per heavy atom. The van der Waals surface area contributed by atoms with Crippen molar-refractivity contribution in [1.82, 2.24) is 9.88 Å². The standard InChI is InChI=1S/C20H26BrN3O3/c21-17-4-6-19(7-5-17)27-14-13-26-16-18(25)15-23-9-11-24(12-10-23)20-3-1-2-8-22-20/h1-8,18,25H,9-16H2. The maximum atomic E-state index is 10.2. The minimum atomic E-state index is -0.487. The van der Waals surface area contributed by atoms with Gasteiger partial charge in [0.25, 0.3) is 0 Å². The van der Waals surface area contributed by atoms with Gasteiger partial charge in [0, 0.05) is 43.4 Å². The van der Waals surface area contributed by atoms with Crippen LogP contribution in [0.25, 0.3) is 0 Å². The lowest BCUT2D eigenvalue weighted by atomic mass is 10.2. The van der Waals surface area contributed by atoms with Gasteiger partial charge in [-0.25, -0.2) is 4.98 Å². The molecule has 1 fully saturated rings. The Hall–Kier alpha value is -1.67. The van der Waals surface area contributed by atoms with Crippen LogP contribution in [0.4, 0.5) is 5.82 Å². The summed E-state index contributed by atoms with van der Waals surface area (Å²) in [4.78, 5) is 8.94. The molecule has 1 aromatic carbocycles. The summed E-state index contributed by atoms with van der Waals surface area (Å²) in [6.45, 7) is 5.56. The summed E-state index contributed by atoms with van der Waals surface area (Å²) in [5.74, 6) is 1.83. The lowest BCUT2D eigenvalue weighted by Gasteiger charge is -2.36. The van der Waals surface area contributed by atoms with Crippen molar-refractivity contribution in [3.05, 3.63) is 53.1 Å². The molecule has 0 radical (unpaired) electrons. The minimum Gasteiger partial charge on any atom is -0.491 e. The van der Waals surface area contributed by atoms with E-state index in [1.807, 2.05) is 48.7 Å². The number of hydrogen-bond acceptors (Lipinski definition) is 6. The van der Waals surface area contributed by atoms with Crippen molar-refractivity contribution in [3.8, 4) is 5.75 Å². The number of piperazine rings is 1. The van der Waals surface area contributed by atoms with E-state index in [0.29, 0.717) is 26.4 Å². The number of pyridine rings is 1. The van der Waals surface area contributed by atoms with Crippen LogP contribution >= 0.6 is 15.9 Å². The van der Waals surface area contributed by atoms with Gasteiger partial charge in [-0.2, -0.15) is 0 Å². The summed E-state index contributed by atoms with van der Waals surface area (Å²) in [6.07, 6.45) is 1.34. The molecule has 0 bridgehead atoms. The van der Waals surface area contributed by atoms with Crippen molar-refractivity contribution in [1.29, 1.82) is 0 Å². The van der Waals surface area contributed by atoms with Gasteiger partial charge < -0.3 is 19.5 Å². The molecule has 2 aromatic rings. The zero-order valence-corrected chi connectivity index (χ0v) is 16.9. The second-order valence-electron chi connectivity index (χ2n) is 6.51. The molecule has 1 aliphatic heterocycles. The highest BCUT2D eigenvalue weighted by Gasteiger charge is 2.19. The second kappa shape index (κ2) is 10.6. The molecule has 1 atom stereocenters. The number of aromatic nitrogens is 1. The smallest absolute Gasteiger partial charge is 0.128 e. The van der Waals surface area contributed by atoms with Gasteiger partial charge in [-0.05, 0) is 36.4 Å². The van der Waals surface area contributed by atoms with E-state index in [2.05, 4.69) is 30.7 Å². The van der Waals surface area contributed by atoms with Gasteiger partial charge in [-0.15, -0.1) is 0 Å². The van der Waals surface area contributed by atoms with Gasteiger partial charge >= 0.3 is 0 Å². The maximum Gasteiger partial charge on any atom is 0.128 e. The van der Waals surface area contributed by atoms with Crippen LogP contribution in [-0.4, -0.2) is 73.6 Å². The van der Waals surface area contributed by atoms with E-state index in [0.717, 1.165) is 42.2 Å². The molecule has 0 saturated carbocycles. The molecule has 0 amide bonds. The van der Waals surface area contributed by atoms with E-state index in [1.54, 1.807) is 0 Å². The number of anilines is 1. The van der Waals surface area contributed by atoms with Crippen molar-refractivity contribution in [2.75, 3.05) is 57.4 Å². The van der Waals surface area contributed by atoms with Crippen molar-refractivity contribution in [2.45, 2.75) is 6.10 Å². The second-order valence-corrected chi connectivity index (χ2v) is 7.42. The zero-order chi connectivity index (χ0) is 18.9. The van der Waals surface area contributed by atoms with Crippen LogP contribution in [0.3, 0.4) is 0 Å². The first-order valence-electron chi connectivity index (χ1n) is 9.23. The molecule has 1 aliphatic rings. The number of hydrogen-bond donors (Lipinski definition) is 1. The number of aliphatic hydroxyl groups excluding tert-OH is 1. The third-order valence-electron chi connectivity index (χ3n) is 4.43. The van der Waals surface area contributed by atoms with Crippen LogP contribution in [0.15, 0.2) is 53.1 Å². The van der Waals surface area contributed by atoms with Crippen molar-refractivity contribution in [2.24, 2.45) is 0 Å². The van der Waals surface area contributed by atoms with Gasteiger partial charge in [0.2, 0.25) is 0 Å². The first-order chi connectivity index (χ1) is 13.2. The highest BCUT2D eigenvalue weighted by atomic mass is 79.9. The van der Waals surface area contributed by atoms with Crippen molar-refractivity contribution >= 4 is 21.7 Å². The van der Waals surface area contributed by atoms with Crippen LogP contribution in [0.2, 0.25) is 0 Å². The van der Waals surface area contributed by atoms with Gasteiger partial charge in [-0.1, -0.05) is 22.0 Å². The zero-order valence-electron chi connectivity index (χ0n) is 15.3. The molecule has 1 saturated heterocycles. The molecule has 146 valence electrons. The van der Waals surface area contributed by atoms with Gasteiger partial charge in [-0.3, -0.25) is 4.90 Å². The molecule has 0 aliphatic carbocycles. The number of halogens is 1. The highest BCUT2D eigenvalue weighted by Crippen LogP contribution is 2.16. The van der Waals surface area contributed by atoms with Crippen LogP contribution in [-0.2, 0) is 4.74 Å². The van der Waals surface area contributed by atoms with Crippen molar-refractivity contribution in [3.63, 3.8) is 0 Å². The van der Waals surface area contributed by atoms with E-state index in [9.17, 15) is 5.11 Å². The Morgan fingerprint density at radius 1 is 1.04 bits per heavy atom. The molecular weight excluding hydrogens is 410 g/mol. The molecule has 2 heterocycles. The summed E-state index contributed by atoms with van der Waals surface area (Å²) in [5.41, 5.74) is 0. The van der Waals surface area contributed by atoms with Gasteiger partial charge in [0.1, 0.15) is 18.2 Å². The maximum absolute atomic E-state index is 10.2. The Balaban J connectivity index is 1.26. The molecule has 1 unspecified atom stereocenters. The molecule has 3 rings (SSSR count). The van der Waals surface area contributed by atoms with Crippen LogP contribution in [0, 0.1) is 0 Å². The summed E-state index contributed by atoms with van der Waals surface area (Å²) in [7, 11) is 0. The Labute approximate surface area is 168 Å². The first kappa shape index (κ1) is 20.1.